The van der Waals surface area contributed by atoms with Gasteiger partial charge in [0.25, 0.3) is 5.91 Å². The molecule has 2 atom stereocenters. The van der Waals surface area contributed by atoms with E-state index in [1.807, 2.05) is 0 Å². The number of halogens is 1. The molecule has 1 aromatic heterocycles. The molecule has 1 aliphatic rings. The van der Waals surface area contributed by atoms with Gasteiger partial charge < -0.3 is 15.0 Å². The Balaban J connectivity index is 1.90. The number of likely N-dealkylation sites (N-methyl/N-ethyl adjacent to an activating group) is 1. The van der Waals surface area contributed by atoms with Crippen LogP contribution < -0.4 is 5.32 Å². The number of rotatable bonds is 3. The van der Waals surface area contributed by atoms with E-state index in [0.29, 0.717) is 5.82 Å². The highest BCUT2D eigenvalue weighted by molar-refractivity contribution is 5.95. The molecule has 0 bridgehead atoms. The molecule has 130 valence electrons. The van der Waals surface area contributed by atoms with E-state index in [4.69, 9.17) is 4.74 Å². The summed E-state index contributed by atoms with van der Waals surface area (Å²) in [4.78, 5) is 30.2. The van der Waals surface area contributed by atoms with E-state index < -0.39 is 23.9 Å². The minimum absolute atomic E-state index is 0.232. The van der Waals surface area contributed by atoms with Crippen molar-refractivity contribution in [1.82, 2.24) is 9.88 Å². The van der Waals surface area contributed by atoms with E-state index >= 15 is 0 Å². The second-order valence-electron chi connectivity index (χ2n) is 5.86. The number of morpholine rings is 1. The van der Waals surface area contributed by atoms with Gasteiger partial charge in [-0.15, -0.1) is 0 Å². The molecular weight excluding hydrogens is 325 g/mol. The molecule has 1 N–H and O–H groups in total. The van der Waals surface area contributed by atoms with Crippen molar-refractivity contribution in [2.24, 2.45) is 0 Å². The Hall–Kier alpha value is -2.80. The summed E-state index contributed by atoms with van der Waals surface area (Å²) in [6, 6.07) is 10.4. The molecule has 1 fully saturated rings. The third kappa shape index (κ3) is 3.51. The number of ether oxygens (including phenoxy) is 1. The van der Waals surface area contributed by atoms with E-state index in [2.05, 4.69) is 10.3 Å². The fraction of sp³-hybridized carbons (Fsp3) is 0.278. The fourth-order valence-electron chi connectivity index (χ4n) is 2.83. The lowest BCUT2D eigenvalue weighted by Crippen LogP contribution is -2.51. The summed E-state index contributed by atoms with van der Waals surface area (Å²) >= 11 is 0. The normalized spacial score (nSPS) is 20.4. The fourth-order valence-corrected chi connectivity index (χ4v) is 2.83. The number of nitrogens with one attached hydrogen (secondary N) is 1. The highest BCUT2D eigenvalue weighted by Crippen LogP contribution is 2.31. The molecule has 2 amide bonds. The Bertz CT molecular complexity index is 812. The van der Waals surface area contributed by atoms with Crippen LogP contribution in [0.2, 0.25) is 0 Å². The van der Waals surface area contributed by atoms with E-state index in [1.165, 1.54) is 18.0 Å². The van der Waals surface area contributed by atoms with Crippen LogP contribution in [0.4, 0.5) is 10.2 Å². The van der Waals surface area contributed by atoms with Gasteiger partial charge in [0, 0.05) is 18.3 Å². The number of hydrogen-bond donors (Lipinski definition) is 1. The molecule has 6 nitrogen and oxygen atoms in total. The van der Waals surface area contributed by atoms with Crippen LogP contribution in [0, 0.1) is 12.7 Å². The van der Waals surface area contributed by atoms with Crippen LogP contribution in [0.25, 0.3) is 0 Å². The van der Waals surface area contributed by atoms with Gasteiger partial charge in [0.2, 0.25) is 5.91 Å². The number of hydrogen-bond acceptors (Lipinski definition) is 4. The SMILES string of the molecule is Cc1cccc(NC(=O)[C@@H]2OCC(=O)N(C)[C@H]2c2ccccc2F)n1. The Morgan fingerprint density at radius 1 is 1.28 bits per heavy atom. The molecule has 1 aromatic carbocycles. The molecule has 0 radical (unpaired) electrons. The van der Waals surface area contributed by atoms with Crippen LogP contribution in [0.5, 0.6) is 0 Å². The Morgan fingerprint density at radius 3 is 2.76 bits per heavy atom. The molecule has 2 heterocycles. The summed E-state index contributed by atoms with van der Waals surface area (Å²) in [5.41, 5.74) is 0.982. The van der Waals surface area contributed by atoms with E-state index in [1.54, 1.807) is 43.3 Å². The van der Waals surface area contributed by atoms with Crippen LogP contribution in [-0.4, -0.2) is 41.5 Å². The highest BCUT2D eigenvalue weighted by Gasteiger charge is 2.41. The first kappa shape index (κ1) is 17.0. The van der Waals surface area contributed by atoms with Crippen LogP contribution >= 0.6 is 0 Å². The van der Waals surface area contributed by atoms with Gasteiger partial charge >= 0.3 is 0 Å². The largest absolute Gasteiger partial charge is 0.356 e. The maximum absolute atomic E-state index is 14.3. The average Bonchev–Trinajstić information content (AvgIpc) is 2.58. The lowest BCUT2D eigenvalue weighted by atomic mass is 9.97. The summed E-state index contributed by atoms with van der Waals surface area (Å²) in [5.74, 6) is -0.916. The third-order valence-electron chi connectivity index (χ3n) is 4.11. The van der Waals surface area contributed by atoms with Crippen molar-refractivity contribution >= 4 is 17.6 Å². The number of pyridine rings is 1. The zero-order valence-electron chi connectivity index (χ0n) is 13.9. The molecule has 25 heavy (non-hydrogen) atoms. The van der Waals surface area contributed by atoms with Crippen LogP contribution in [0.3, 0.4) is 0 Å². The van der Waals surface area contributed by atoms with Gasteiger partial charge in [0.1, 0.15) is 18.2 Å². The van der Waals surface area contributed by atoms with E-state index in [0.717, 1.165) is 5.69 Å². The van der Waals surface area contributed by atoms with E-state index in [-0.39, 0.29) is 18.1 Å². The van der Waals surface area contributed by atoms with Crippen molar-refractivity contribution in [3.8, 4) is 0 Å². The number of amides is 2. The van der Waals surface area contributed by atoms with Gasteiger partial charge in [-0.05, 0) is 25.1 Å². The summed E-state index contributed by atoms with van der Waals surface area (Å²) in [6.45, 7) is 1.57. The maximum atomic E-state index is 14.3. The monoisotopic (exact) mass is 343 g/mol. The predicted molar refractivity (Wildman–Crippen MR) is 89.3 cm³/mol. The number of nitrogens with zero attached hydrogens (tertiary/aromatic N) is 2. The summed E-state index contributed by atoms with van der Waals surface area (Å²) in [6.07, 6.45) is -1.04. The van der Waals surface area contributed by atoms with Gasteiger partial charge in [-0.25, -0.2) is 9.37 Å². The Kier molecular flexibility index (Phi) is 4.76. The predicted octanol–water partition coefficient (Wildman–Crippen LogP) is 2.07. The molecule has 0 saturated carbocycles. The molecule has 7 heteroatoms. The van der Waals surface area contributed by atoms with Gasteiger partial charge in [0.15, 0.2) is 6.10 Å². The van der Waals surface area contributed by atoms with Crippen molar-refractivity contribution in [2.75, 3.05) is 19.0 Å². The first-order valence-corrected chi connectivity index (χ1v) is 7.83. The number of benzene rings is 1. The zero-order valence-corrected chi connectivity index (χ0v) is 13.9. The second kappa shape index (κ2) is 6.98. The number of anilines is 1. The van der Waals surface area contributed by atoms with Crippen LogP contribution in [-0.2, 0) is 14.3 Å². The lowest BCUT2D eigenvalue weighted by Gasteiger charge is -2.38. The average molecular weight is 343 g/mol. The molecule has 1 aliphatic heterocycles. The van der Waals surface area contributed by atoms with Crippen molar-refractivity contribution < 1.29 is 18.7 Å². The first-order valence-electron chi connectivity index (χ1n) is 7.83. The summed E-state index contributed by atoms with van der Waals surface area (Å²) in [5, 5.41) is 2.67. The minimum atomic E-state index is -1.04. The Morgan fingerprint density at radius 2 is 2.04 bits per heavy atom. The topological polar surface area (TPSA) is 71.5 Å². The quantitative estimate of drug-likeness (QED) is 0.926. The molecule has 1 saturated heterocycles. The van der Waals surface area contributed by atoms with Gasteiger partial charge in [-0.1, -0.05) is 24.3 Å². The highest BCUT2D eigenvalue weighted by atomic mass is 19.1. The number of aryl methyl sites for hydroxylation is 1. The van der Waals surface area contributed by atoms with Crippen molar-refractivity contribution in [2.45, 2.75) is 19.1 Å². The summed E-state index contributed by atoms with van der Waals surface area (Å²) < 4.78 is 19.7. The number of carbonyl (C=O) groups excluding carboxylic acids is 2. The molecule has 2 aromatic rings. The molecule has 3 rings (SSSR count). The Labute approximate surface area is 144 Å². The zero-order chi connectivity index (χ0) is 18.0. The molecule has 0 unspecified atom stereocenters. The van der Waals surface area contributed by atoms with Crippen molar-refractivity contribution in [3.05, 3.63) is 59.5 Å². The van der Waals surface area contributed by atoms with Gasteiger partial charge in [0.05, 0.1) is 6.04 Å². The van der Waals surface area contributed by atoms with Crippen LogP contribution in [0.1, 0.15) is 17.3 Å². The lowest BCUT2D eigenvalue weighted by molar-refractivity contribution is -0.160. The molecular formula is C18H18FN3O3. The standard InChI is InChI=1S/C18H18FN3O3/c1-11-6-5-9-14(20-11)21-18(24)17-16(22(2)15(23)10-25-17)12-7-3-4-8-13(12)19/h3-9,16-17H,10H2,1-2H3,(H,20,21,24)/t16-,17+/m0/s1. The van der Waals surface area contributed by atoms with Gasteiger partial charge in [-0.3, -0.25) is 9.59 Å². The molecule has 0 spiro atoms. The minimum Gasteiger partial charge on any atom is -0.356 e. The third-order valence-corrected chi connectivity index (χ3v) is 4.11. The van der Waals surface area contributed by atoms with Crippen LogP contribution in [0.15, 0.2) is 42.5 Å². The first-order chi connectivity index (χ1) is 12.0. The maximum Gasteiger partial charge on any atom is 0.257 e. The van der Waals surface area contributed by atoms with Crippen molar-refractivity contribution in [3.63, 3.8) is 0 Å². The smallest absolute Gasteiger partial charge is 0.257 e. The summed E-state index contributed by atoms with van der Waals surface area (Å²) in [7, 11) is 1.53. The second-order valence-corrected chi connectivity index (χ2v) is 5.86. The number of aromatic nitrogens is 1. The van der Waals surface area contributed by atoms with Gasteiger partial charge in [-0.2, -0.15) is 0 Å². The number of carbonyl (C=O) groups is 2. The van der Waals surface area contributed by atoms with E-state index in [9.17, 15) is 14.0 Å². The molecule has 0 aliphatic carbocycles. The van der Waals surface area contributed by atoms with Crippen molar-refractivity contribution in [1.29, 1.82) is 0 Å².